The second kappa shape index (κ2) is 8.61. The summed E-state index contributed by atoms with van der Waals surface area (Å²) in [5.41, 5.74) is 1.78. The summed E-state index contributed by atoms with van der Waals surface area (Å²) in [5.74, 6) is 0.595. The van der Waals surface area contributed by atoms with E-state index in [1.165, 1.54) is 6.07 Å². The summed E-state index contributed by atoms with van der Waals surface area (Å²) in [6.07, 6.45) is 3.93. The lowest BCUT2D eigenvalue weighted by Gasteiger charge is -2.22. The van der Waals surface area contributed by atoms with Gasteiger partial charge in [0.15, 0.2) is 11.5 Å². The van der Waals surface area contributed by atoms with Crippen LogP contribution >= 0.6 is 0 Å². The largest absolute Gasteiger partial charge is 0.493 e. The van der Waals surface area contributed by atoms with Crippen LogP contribution in [-0.2, 0) is 4.79 Å². The van der Waals surface area contributed by atoms with Gasteiger partial charge in [-0.2, -0.15) is 0 Å². The van der Waals surface area contributed by atoms with E-state index in [0.717, 1.165) is 5.56 Å². The van der Waals surface area contributed by atoms with E-state index in [2.05, 4.69) is 5.32 Å². The Morgan fingerprint density at radius 1 is 1.11 bits per heavy atom. The number of hydrogen-bond donors (Lipinski definition) is 1. The van der Waals surface area contributed by atoms with Crippen LogP contribution in [0.2, 0.25) is 0 Å². The third-order valence-electron chi connectivity index (χ3n) is 4.61. The molecule has 0 fully saturated rings. The van der Waals surface area contributed by atoms with Gasteiger partial charge in [-0.1, -0.05) is 18.2 Å². The number of halogens is 1. The molecule has 1 atom stereocenters. The second-order valence-corrected chi connectivity index (χ2v) is 6.45. The average molecular weight is 382 g/mol. The molecule has 1 N–H and O–H groups in total. The highest BCUT2D eigenvalue weighted by Crippen LogP contribution is 2.37. The number of carbonyl (C=O) groups is 1. The Bertz CT molecular complexity index is 954. The minimum absolute atomic E-state index is 0.147. The maximum absolute atomic E-state index is 13.8. The SMILES string of the molecule is COc1cccc([C@H](CC(=O)Nc2ccc(C)c(F)c2)n2cccc2)c1OC. The van der Waals surface area contributed by atoms with Crippen molar-refractivity contribution < 1.29 is 18.7 Å². The minimum Gasteiger partial charge on any atom is -0.493 e. The highest BCUT2D eigenvalue weighted by Gasteiger charge is 2.23. The van der Waals surface area contributed by atoms with Crippen LogP contribution in [0.5, 0.6) is 11.5 Å². The van der Waals surface area contributed by atoms with Crippen LogP contribution in [0.25, 0.3) is 0 Å². The third-order valence-corrected chi connectivity index (χ3v) is 4.61. The topological polar surface area (TPSA) is 52.5 Å². The van der Waals surface area contributed by atoms with Crippen molar-refractivity contribution in [3.8, 4) is 11.5 Å². The quantitative estimate of drug-likeness (QED) is 0.651. The first kappa shape index (κ1) is 19.5. The van der Waals surface area contributed by atoms with Gasteiger partial charge >= 0.3 is 0 Å². The summed E-state index contributed by atoms with van der Waals surface area (Å²) in [5, 5.41) is 2.77. The lowest BCUT2D eigenvalue weighted by atomic mass is 10.0. The van der Waals surface area contributed by atoms with Gasteiger partial charge in [-0.25, -0.2) is 4.39 Å². The normalized spacial score (nSPS) is 11.7. The highest BCUT2D eigenvalue weighted by atomic mass is 19.1. The minimum atomic E-state index is -0.353. The third kappa shape index (κ3) is 4.17. The van der Waals surface area contributed by atoms with Gasteiger partial charge in [0.25, 0.3) is 0 Å². The predicted octanol–water partition coefficient (Wildman–Crippen LogP) is 4.57. The molecule has 0 aliphatic carbocycles. The lowest BCUT2D eigenvalue weighted by Crippen LogP contribution is -2.20. The number of nitrogens with one attached hydrogen (secondary N) is 1. The van der Waals surface area contributed by atoms with Gasteiger partial charge in [0.2, 0.25) is 5.91 Å². The van der Waals surface area contributed by atoms with E-state index in [4.69, 9.17) is 9.47 Å². The summed E-state index contributed by atoms with van der Waals surface area (Å²) >= 11 is 0. The van der Waals surface area contributed by atoms with Crippen molar-refractivity contribution in [3.63, 3.8) is 0 Å². The van der Waals surface area contributed by atoms with Crippen molar-refractivity contribution in [3.05, 3.63) is 77.9 Å². The Morgan fingerprint density at radius 3 is 2.50 bits per heavy atom. The number of aromatic nitrogens is 1. The molecule has 0 radical (unpaired) electrons. The van der Waals surface area contributed by atoms with Gasteiger partial charge < -0.3 is 19.4 Å². The maximum atomic E-state index is 13.8. The van der Waals surface area contributed by atoms with E-state index in [-0.39, 0.29) is 24.2 Å². The first-order chi connectivity index (χ1) is 13.5. The van der Waals surface area contributed by atoms with Crippen LogP contribution in [0, 0.1) is 12.7 Å². The molecule has 0 spiro atoms. The van der Waals surface area contributed by atoms with Crippen LogP contribution < -0.4 is 14.8 Å². The summed E-state index contributed by atoms with van der Waals surface area (Å²) in [7, 11) is 3.15. The monoisotopic (exact) mass is 382 g/mol. The molecule has 28 heavy (non-hydrogen) atoms. The summed E-state index contributed by atoms with van der Waals surface area (Å²) < 4.78 is 26.7. The number of anilines is 1. The number of nitrogens with zero attached hydrogens (tertiary/aromatic N) is 1. The van der Waals surface area contributed by atoms with Crippen LogP contribution in [0.1, 0.15) is 23.6 Å². The van der Waals surface area contributed by atoms with Gasteiger partial charge in [0, 0.05) is 23.6 Å². The number of carbonyl (C=O) groups excluding carboxylic acids is 1. The molecular formula is C22H23FN2O3. The Kier molecular flexibility index (Phi) is 5.99. The molecule has 146 valence electrons. The van der Waals surface area contributed by atoms with Crippen molar-refractivity contribution in [1.29, 1.82) is 0 Å². The number of amides is 1. The van der Waals surface area contributed by atoms with E-state index < -0.39 is 0 Å². The van der Waals surface area contributed by atoms with Crippen molar-refractivity contribution in [2.24, 2.45) is 0 Å². The molecule has 0 saturated carbocycles. The maximum Gasteiger partial charge on any atom is 0.226 e. The Hall–Kier alpha value is -3.28. The first-order valence-corrected chi connectivity index (χ1v) is 8.92. The number of methoxy groups -OCH3 is 2. The first-order valence-electron chi connectivity index (χ1n) is 8.92. The molecule has 6 heteroatoms. The molecular weight excluding hydrogens is 359 g/mol. The fraction of sp³-hybridized carbons (Fsp3) is 0.227. The molecule has 0 aliphatic heterocycles. The highest BCUT2D eigenvalue weighted by molar-refractivity contribution is 5.91. The average Bonchev–Trinajstić information content (AvgIpc) is 3.22. The zero-order chi connectivity index (χ0) is 20.1. The number of hydrogen-bond acceptors (Lipinski definition) is 3. The summed E-state index contributed by atoms with van der Waals surface area (Å²) in [6.45, 7) is 1.68. The standard InChI is InChI=1S/C22H23FN2O3/c1-15-9-10-16(13-18(15)23)24-21(26)14-19(25-11-4-5-12-25)17-7-6-8-20(27-2)22(17)28-3/h4-13,19H,14H2,1-3H3,(H,24,26)/t19-/m0/s1. The molecule has 1 heterocycles. The number of para-hydroxylation sites is 1. The summed E-state index contributed by atoms with van der Waals surface area (Å²) in [4.78, 5) is 12.7. The van der Waals surface area contributed by atoms with Crippen LogP contribution in [-0.4, -0.2) is 24.7 Å². The van der Waals surface area contributed by atoms with Crippen LogP contribution in [0.15, 0.2) is 60.9 Å². The molecule has 1 amide bonds. The zero-order valence-electron chi connectivity index (χ0n) is 16.1. The van der Waals surface area contributed by atoms with Crippen molar-refractivity contribution in [2.75, 3.05) is 19.5 Å². The van der Waals surface area contributed by atoms with Crippen LogP contribution in [0.3, 0.4) is 0 Å². The van der Waals surface area contributed by atoms with E-state index >= 15 is 0 Å². The second-order valence-electron chi connectivity index (χ2n) is 6.45. The molecule has 2 aromatic carbocycles. The molecule has 3 rings (SSSR count). The fourth-order valence-corrected chi connectivity index (χ4v) is 3.16. The van der Waals surface area contributed by atoms with Gasteiger partial charge in [0.1, 0.15) is 5.82 Å². The molecule has 5 nitrogen and oxygen atoms in total. The van der Waals surface area contributed by atoms with Gasteiger partial charge in [-0.15, -0.1) is 0 Å². The van der Waals surface area contributed by atoms with Gasteiger partial charge in [0.05, 0.1) is 26.7 Å². The van der Waals surface area contributed by atoms with Crippen molar-refractivity contribution in [2.45, 2.75) is 19.4 Å². The number of ether oxygens (including phenoxy) is 2. The molecule has 0 saturated heterocycles. The predicted molar refractivity (Wildman–Crippen MR) is 107 cm³/mol. The lowest BCUT2D eigenvalue weighted by molar-refractivity contribution is -0.116. The van der Waals surface area contributed by atoms with Crippen LogP contribution in [0.4, 0.5) is 10.1 Å². The smallest absolute Gasteiger partial charge is 0.226 e. The Morgan fingerprint density at radius 2 is 1.86 bits per heavy atom. The molecule has 0 bridgehead atoms. The van der Waals surface area contributed by atoms with E-state index in [9.17, 15) is 9.18 Å². The zero-order valence-corrected chi connectivity index (χ0v) is 16.1. The summed E-state index contributed by atoms with van der Waals surface area (Å²) in [6, 6.07) is 13.7. The van der Waals surface area contributed by atoms with E-state index in [1.54, 1.807) is 33.3 Å². The van der Waals surface area contributed by atoms with E-state index in [0.29, 0.717) is 22.7 Å². The Labute approximate surface area is 163 Å². The van der Waals surface area contributed by atoms with Crippen molar-refractivity contribution >= 4 is 11.6 Å². The number of benzene rings is 2. The van der Waals surface area contributed by atoms with Gasteiger partial charge in [-0.3, -0.25) is 4.79 Å². The number of rotatable bonds is 7. The fourth-order valence-electron chi connectivity index (χ4n) is 3.16. The van der Waals surface area contributed by atoms with Crippen molar-refractivity contribution in [1.82, 2.24) is 4.57 Å². The number of aryl methyl sites for hydroxylation is 1. The molecule has 0 unspecified atom stereocenters. The molecule has 0 aliphatic rings. The van der Waals surface area contributed by atoms with Gasteiger partial charge in [-0.05, 0) is 42.8 Å². The van der Waals surface area contributed by atoms with E-state index in [1.807, 2.05) is 47.3 Å². The molecule has 3 aromatic rings. The molecule has 1 aromatic heterocycles. The Balaban J connectivity index is 1.90.